The fraction of sp³-hybridized carbons (Fsp3) is 0.750. The first-order chi connectivity index (χ1) is 9.67. The zero-order chi connectivity index (χ0) is 15.8. The average molecular weight is 310 g/mol. The van der Waals surface area contributed by atoms with Crippen molar-refractivity contribution < 1.29 is 9.53 Å². The molecule has 0 amide bonds. The molecule has 1 aromatic rings. The molecule has 1 aliphatic carbocycles. The van der Waals surface area contributed by atoms with E-state index in [9.17, 15) is 4.79 Å². The Balaban J connectivity index is 2.42. The third-order valence-corrected chi connectivity index (χ3v) is 5.56. The van der Waals surface area contributed by atoms with E-state index in [1.165, 1.54) is 18.4 Å². The molecule has 5 heteroatoms. The molecule has 2 N–H and O–H groups in total. The Morgan fingerprint density at radius 1 is 1.38 bits per heavy atom. The first kappa shape index (κ1) is 16.4. The molecule has 0 saturated heterocycles. The zero-order valence-electron chi connectivity index (χ0n) is 13.7. The highest BCUT2D eigenvalue weighted by atomic mass is 32.1. The molecule has 1 fully saturated rings. The second kappa shape index (κ2) is 5.69. The van der Waals surface area contributed by atoms with Gasteiger partial charge in [-0.05, 0) is 31.6 Å². The van der Waals surface area contributed by atoms with Crippen LogP contribution < -0.4 is 5.73 Å². The molecule has 0 radical (unpaired) electrons. The predicted molar refractivity (Wildman–Crippen MR) is 85.7 cm³/mol. The second-order valence-electron chi connectivity index (χ2n) is 7.28. The van der Waals surface area contributed by atoms with Crippen molar-refractivity contribution >= 4 is 17.3 Å². The SMILES string of the molecule is COC(=O)c1sc(C2(N)CCC(C)CC2)nc1C(C)(C)C. The van der Waals surface area contributed by atoms with Crippen molar-refractivity contribution in [1.29, 1.82) is 0 Å². The number of ether oxygens (including phenoxy) is 1. The molecule has 1 aliphatic rings. The van der Waals surface area contributed by atoms with Gasteiger partial charge in [0.25, 0.3) is 0 Å². The lowest BCUT2D eigenvalue weighted by Gasteiger charge is -2.34. The molecule has 0 bridgehead atoms. The van der Waals surface area contributed by atoms with Crippen molar-refractivity contribution in [2.24, 2.45) is 11.7 Å². The summed E-state index contributed by atoms with van der Waals surface area (Å²) in [7, 11) is 1.41. The van der Waals surface area contributed by atoms with E-state index < -0.39 is 0 Å². The van der Waals surface area contributed by atoms with Gasteiger partial charge in [0.1, 0.15) is 9.88 Å². The maximum atomic E-state index is 12.0. The highest BCUT2D eigenvalue weighted by molar-refractivity contribution is 7.13. The van der Waals surface area contributed by atoms with Gasteiger partial charge in [-0.3, -0.25) is 0 Å². The number of nitrogens with zero attached hydrogens (tertiary/aromatic N) is 1. The average Bonchev–Trinajstić information content (AvgIpc) is 2.87. The molecule has 4 nitrogen and oxygen atoms in total. The van der Waals surface area contributed by atoms with E-state index in [4.69, 9.17) is 15.5 Å². The molecule has 118 valence electrons. The molecule has 0 spiro atoms. The molecular weight excluding hydrogens is 284 g/mol. The summed E-state index contributed by atoms with van der Waals surface area (Å²) in [5.41, 5.74) is 6.83. The van der Waals surface area contributed by atoms with Gasteiger partial charge < -0.3 is 10.5 Å². The summed E-state index contributed by atoms with van der Waals surface area (Å²) in [6.07, 6.45) is 4.11. The van der Waals surface area contributed by atoms with Crippen molar-refractivity contribution in [3.8, 4) is 0 Å². The Bertz CT molecular complexity index is 523. The molecule has 1 saturated carbocycles. The van der Waals surface area contributed by atoms with Gasteiger partial charge in [-0.25, -0.2) is 9.78 Å². The smallest absolute Gasteiger partial charge is 0.350 e. The van der Waals surface area contributed by atoms with Crippen molar-refractivity contribution in [2.45, 2.75) is 64.3 Å². The van der Waals surface area contributed by atoms with Gasteiger partial charge in [0, 0.05) is 5.41 Å². The number of carbonyl (C=O) groups is 1. The highest BCUT2D eigenvalue weighted by Crippen LogP contribution is 2.41. The Labute approximate surface area is 131 Å². The lowest BCUT2D eigenvalue weighted by molar-refractivity contribution is 0.0603. The third-order valence-electron chi connectivity index (χ3n) is 4.30. The van der Waals surface area contributed by atoms with Gasteiger partial charge in [-0.15, -0.1) is 11.3 Å². The summed E-state index contributed by atoms with van der Waals surface area (Å²) in [4.78, 5) is 17.4. The van der Waals surface area contributed by atoms with E-state index in [-0.39, 0.29) is 16.9 Å². The third kappa shape index (κ3) is 3.29. The summed E-state index contributed by atoms with van der Waals surface area (Å²) in [6, 6.07) is 0. The first-order valence-electron chi connectivity index (χ1n) is 7.56. The molecule has 0 unspecified atom stereocenters. The Morgan fingerprint density at radius 2 is 1.95 bits per heavy atom. The zero-order valence-corrected chi connectivity index (χ0v) is 14.5. The summed E-state index contributed by atoms with van der Waals surface area (Å²) in [5.74, 6) is 0.417. The molecule has 0 aliphatic heterocycles. The number of thiazole rings is 1. The van der Waals surface area contributed by atoms with Crippen LogP contribution in [0.4, 0.5) is 0 Å². The Kier molecular flexibility index (Phi) is 4.45. The predicted octanol–water partition coefficient (Wildman–Crippen LogP) is 3.59. The number of rotatable bonds is 2. The fourth-order valence-electron chi connectivity index (χ4n) is 2.76. The van der Waals surface area contributed by atoms with Crippen molar-refractivity contribution in [2.75, 3.05) is 7.11 Å². The topological polar surface area (TPSA) is 65.2 Å². The Morgan fingerprint density at radius 3 is 2.43 bits per heavy atom. The summed E-state index contributed by atoms with van der Waals surface area (Å²) >= 11 is 1.42. The van der Waals surface area contributed by atoms with Crippen LogP contribution in [0.5, 0.6) is 0 Å². The van der Waals surface area contributed by atoms with E-state index in [1.807, 2.05) is 0 Å². The van der Waals surface area contributed by atoms with E-state index >= 15 is 0 Å². The summed E-state index contributed by atoms with van der Waals surface area (Å²) in [5, 5.41) is 0.889. The van der Waals surface area contributed by atoms with E-state index in [0.29, 0.717) is 4.88 Å². The number of nitrogens with two attached hydrogens (primary N) is 1. The fourth-order valence-corrected chi connectivity index (χ4v) is 4.12. The van der Waals surface area contributed by atoms with Crippen LogP contribution in [0.3, 0.4) is 0 Å². The van der Waals surface area contributed by atoms with Crippen molar-refractivity contribution in [3.63, 3.8) is 0 Å². The van der Waals surface area contributed by atoms with Crippen LogP contribution in [0.1, 0.15) is 73.8 Å². The normalized spacial score (nSPS) is 26.7. The van der Waals surface area contributed by atoms with Crippen molar-refractivity contribution in [1.82, 2.24) is 4.98 Å². The van der Waals surface area contributed by atoms with E-state index in [1.54, 1.807) is 0 Å². The number of aromatic nitrogens is 1. The monoisotopic (exact) mass is 310 g/mol. The lowest BCUT2D eigenvalue weighted by atomic mass is 9.78. The Hall–Kier alpha value is -0.940. The van der Waals surface area contributed by atoms with Crippen LogP contribution in [0, 0.1) is 5.92 Å². The first-order valence-corrected chi connectivity index (χ1v) is 8.38. The molecule has 0 aromatic carbocycles. The molecule has 21 heavy (non-hydrogen) atoms. The van der Waals surface area contributed by atoms with Crippen LogP contribution >= 0.6 is 11.3 Å². The minimum atomic E-state index is -0.385. The van der Waals surface area contributed by atoms with Gasteiger partial charge in [0.15, 0.2) is 0 Å². The maximum Gasteiger partial charge on any atom is 0.350 e. The van der Waals surface area contributed by atoms with Gasteiger partial charge in [0.05, 0.1) is 18.3 Å². The molecular formula is C16H26N2O2S. The van der Waals surface area contributed by atoms with Crippen LogP contribution in [-0.2, 0) is 15.7 Å². The van der Waals surface area contributed by atoms with Gasteiger partial charge in [-0.2, -0.15) is 0 Å². The highest BCUT2D eigenvalue weighted by Gasteiger charge is 2.38. The van der Waals surface area contributed by atoms with Gasteiger partial charge in [0.2, 0.25) is 0 Å². The van der Waals surface area contributed by atoms with Crippen LogP contribution in [0.2, 0.25) is 0 Å². The molecule has 0 atom stereocenters. The van der Waals surface area contributed by atoms with Gasteiger partial charge >= 0.3 is 5.97 Å². The number of carbonyl (C=O) groups excluding carboxylic acids is 1. The summed E-state index contributed by atoms with van der Waals surface area (Å²) < 4.78 is 4.91. The number of hydrogen-bond acceptors (Lipinski definition) is 5. The van der Waals surface area contributed by atoms with Crippen LogP contribution in [0.25, 0.3) is 0 Å². The molecule has 2 rings (SSSR count). The standard InChI is InChI=1S/C16H26N2O2S/c1-10-6-8-16(17,9-7-10)14-18-12(15(2,3)4)11(21-14)13(19)20-5/h10H,6-9,17H2,1-5H3. The minimum absolute atomic E-state index is 0.198. The number of esters is 1. The minimum Gasteiger partial charge on any atom is -0.465 e. The largest absolute Gasteiger partial charge is 0.465 e. The van der Waals surface area contributed by atoms with Crippen LogP contribution in [-0.4, -0.2) is 18.1 Å². The second-order valence-corrected chi connectivity index (χ2v) is 8.28. The number of methoxy groups -OCH3 is 1. The number of hydrogen-bond donors (Lipinski definition) is 1. The molecule has 1 aromatic heterocycles. The molecule has 1 heterocycles. The van der Waals surface area contributed by atoms with Crippen molar-refractivity contribution in [3.05, 3.63) is 15.6 Å². The van der Waals surface area contributed by atoms with Crippen LogP contribution in [0.15, 0.2) is 0 Å². The van der Waals surface area contributed by atoms with E-state index in [0.717, 1.165) is 42.3 Å². The quantitative estimate of drug-likeness (QED) is 0.848. The van der Waals surface area contributed by atoms with E-state index in [2.05, 4.69) is 27.7 Å². The maximum absolute atomic E-state index is 12.0. The lowest BCUT2D eigenvalue weighted by Crippen LogP contribution is -2.40. The summed E-state index contributed by atoms with van der Waals surface area (Å²) in [6.45, 7) is 8.45. The van der Waals surface area contributed by atoms with Gasteiger partial charge in [-0.1, -0.05) is 27.7 Å².